The van der Waals surface area contributed by atoms with Crippen LogP contribution in [0.15, 0.2) is 41.0 Å². The number of furan rings is 1. The highest BCUT2D eigenvalue weighted by Crippen LogP contribution is 2.39. The van der Waals surface area contributed by atoms with Gasteiger partial charge in [0.15, 0.2) is 5.76 Å². The lowest BCUT2D eigenvalue weighted by atomic mass is 9.75. The van der Waals surface area contributed by atoms with Gasteiger partial charge in [-0.1, -0.05) is 17.9 Å². The molecule has 1 aliphatic carbocycles. The van der Waals surface area contributed by atoms with E-state index in [1.165, 1.54) is 18.4 Å². The summed E-state index contributed by atoms with van der Waals surface area (Å²) in [5.74, 6) is 4.83. The van der Waals surface area contributed by atoms with Crippen molar-refractivity contribution >= 4 is 5.91 Å². The minimum atomic E-state index is -1.18. The molecular weight excluding hydrogens is 309 g/mol. The van der Waals surface area contributed by atoms with Crippen molar-refractivity contribution in [2.45, 2.75) is 37.2 Å². The van der Waals surface area contributed by atoms with Gasteiger partial charge in [0.2, 0.25) is 0 Å². The van der Waals surface area contributed by atoms with E-state index in [4.69, 9.17) is 10.2 Å². The molecule has 3 N–H and O–H groups in total. The van der Waals surface area contributed by atoms with Crippen LogP contribution in [0.5, 0.6) is 0 Å². The molecule has 1 amide bonds. The second-order valence-electron chi connectivity index (χ2n) is 6.15. The normalized spacial score (nSPS) is 23.3. The topological polar surface area (TPSA) is 76.5 Å². The summed E-state index contributed by atoms with van der Waals surface area (Å²) in [7, 11) is 0. The molecule has 1 aromatic heterocycles. The highest BCUT2D eigenvalue weighted by Gasteiger charge is 2.35. The first kappa shape index (κ1) is 16.3. The van der Waals surface area contributed by atoms with Crippen LogP contribution in [0.4, 0.5) is 4.39 Å². The van der Waals surface area contributed by atoms with Crippen LogP contribution in [-0.4, -0.2) is 16.6 Å². The molecule has 4 nitrogen and oxygen atoms in total. The third-order valence-corrected chi connectivity index (χ3v) is 4.35. The third-order valence-electron chi connectivity index (χ3n) is 4.35. The molecule has 0 spiro atoms. The van der Waals surface area contributed by atoms with Gasteiger partial charge in [-0.3, -0.25) is 4.79 Å². The van der Waals surface area contributed by atoms with Gasteiger partial charge in [-0.25, -0.2) is 4.39 Å². The molecule has 0 unspecified atom stereocenters. The van der Waals surface area contributed by atoms with Gasteiger partial charge >= 0.3 is 0 Å². The van der Waals surface area contributed by atoms with Crippen LogP contribution in [0.25, 0.3) is 0 Å². The molecule has 5 heteroatoms. The quantitative estimate of drug-likeness (QED) is 0.833. The fraction of sp³-hybridized carbons (Fsp3) is 0.316. The molecule has 1 fully saturated rings. The number of hydrogen-bond donors (Lipinski definition) is 2. The number of halogens is 1. The van der Waals surface area contributed by atoms with E-state index >= 15 is 0 Å². The maximum Gasteiger partial charge on any atom is 0.284 e. The highest BCUT2D eigenvalue weighted by molar-refractivity contribution is 5.91. The minimum Gasteiger partial charge on any atom is -0.459 e. The predicted molar refractivity (Wildman–Crippen MR) is 86.7 cm³/mol. The van der Waals surface area contributed by atoms with Gasteiger partial charge in [-0.05, 0) is 55.9 Å². The second kappa shape index (κ2) is 6.50. The van der Waals surface area contributed by atoms with E-state index in [1.807, 2.05) is 0 Å². The first-order valence-corrected chi connectivity index (χ1v) is 7.85. The Morgan fingerprint density at radius 2 is 2.25 bits per heavy atom. The van der Waals surface area contributed by atoms with E-state index in [2.05, 4.69) is 11.8 Å². The summed E-state index contributed by atoms with van der Waals surface area (Å²) in [6, 6.07) is 7.67. The van der Waals surface area contributed by atoms with Crippen LogP contribution >= 0.6 is 0 Å². The van der Waals surface area contributed by atoms with Gasteiger partial charge in [0.25, 0.3) is 5.91 Å². The molecular formula is C19H18FNO3. The van der Waals surface area contributed by atoms with Gasteiger partial charge in [-0.15, -0.1) is 0 Å². The Bertz CT molecular complexity index is 817. The average Bonchev–Trinajstić information content (AvgIpc) is 3.03. The molecule has 0 saturated heterocycles. The number of amides is 1. The minimum absolute atomic E-state index is 0.0493. The van der Waals surface area contributed by atoms with Crippen LogP contribution in [0, 0.1) is 17.7 Å². The first-order chi connectivity index (χ1) is 11.5. The van der Waals surface area contributed by atoms with Gasteiger partial charge in [0.05, 0.1) is 6.26 Å². The molecule has 1 saturated carbocycles. The molecule has 2 aromatic rings. The zero-order valence-corrected chi connectivity index (χ0v) is 13.1. The smallest absolute Gasteiger partial charge is 0.284 e. The van der Waals surface area contributed by atoms with Crippen LogP contribution in [0.1, 0.15) is 53.3 Å². The summed E-state index contributed by atoms with van der Waals surface area (Å²) in [6.45, 7) is 0. The predicted octanol–water partition coefficient (Wildman–Crippen LogP) is 2.96. The van der Waals surface area contributed by atoms with E-state index < -0.39 is 11.5 Å². The zero-order valence-electron chi connectivity index (χ0n) is 13.1. The van der Waals surface area contributed by atoms with Gasteiger partial charge in [-0.2, -0.15) is 0 Å². The van der Waals surface area contributed by atoms with Gasteiger partial charge in [0, 0.05) is 11.1 Å². The van der Waals surface area contributed by atoms with Crippen molar-refractivity contribution in [2.24, 2.45) is 5.73 Å². The van der Waals surface area contributed by atoms with Crippen molar-refractivity contribution in [3.05, 3.63) is 59.3 Å². The molecule has 24 heavy (non-hydrogen) atoms. The summed E-state index contributed by atoms with van der Waals surface area (Å²) in [5, 5.41) is 10.8. The molecule has 0 aliphatic heterocycles. The Labute approximate surface area is 139 Å². The van der Waals surface area contributed by atoms with E-state index in [-0.39, 0.29) is 17.5 Å². The third kappa shape index (κ3) is 3.50. The van der Waals surface area contributed by atoms with E-state index in [0.29, 0.717) is 24.0 Å². The lowest BCUT2D eigenvalue weighted by Crippen LogP contribution is -2.33. The molecule has 3 rings (SSSR count). The van der Waals surface area contributed by atoms with Crippen molar-refractivity contribution in [1.29, 1.82) is 0 Å². The van der Waals surface area contributed by atoms with Crippen LogP contribution in [0.2, 0.25) is 0 Å². The van der Waals surface area contributed by atoms with Crippen molar-refractivity contribution in [3.63, 3.8) is 0 Å². The second-order valence-corrected chi connectivity index (χ2v) is 6.15. The lowest BCUT2D eigenvalue weighted by Gasteiger charge is -2.33. The largest absolute Gasteiger partial charge is 0.459 e. The Morgan fingerprint density at radius 3 is 3.00 bits per heavy atom. The van der Waals surface area contributed by atoms with Crippen molar-refractivity contribution in [3.8, 4) is 11.8 Å². The fourth-order valence-corrected chi connectivity index (χ4v) is 3.23. The number of carbonyl (C=O) groups excluding carboxylic acids is 1. The summed E-state index contributed by atoms with van der Waals surface area (Å²) in [6.07, 6.45) is 3.94. The maximum absolute atomic E-state index is 13.2. The molecule has 124 valence electrons. The van der Waals surface area contributed by atoms with E-state index in [9.17, 15) is 14.3 Å². The number of benzene rings is 1. The van der Waals surface area contributed by atoms with Crippen LogP contribution < -0.4 is 5.73 Å². The number of hydrogen-bond acceptors (Lipinski definition) is 3. The summed E-state index contributed by atoms with van der Waals surface area (Å²) in [4.78, 5) is 11.4. The van der Waals surface area contributed by atoms with Crippen molar-refractivity contribution in [2.75, 3.05) is 0 Å². The summed E-state index contributed by atoms with van der Waals surface area (Å²) >= 11 is 0. The fourth-order valence-electron chi connectivity index (χ4n) is 3.23. The van der Waals surface area contributed by atoms with Gasteiger partial charge in [0.1, 0.15) is 11.4 Å². The van der Waals surface area contributed by atoms with Crippen LogP contribution in [0.3, 0.4) is 0 Å². The molecule has 1 heterocycles. The van der Waals surface area contributed by atoms with Gasteiger partial charge < -0.3 is 15.3 Å². The van der Waals surface area contributed by atoms with Crippen molar-refractivity contribution in [1.82, 2.24) is 0 Å². The monoisotopic (exact) mass is 327 g/mol. The Balaban J connectivity index is 1.82. The summed E-state index contributed by atoms with van der Waals surface area (Å²) in [5.41, 5.74) is 5.38. The van der Waals surface area contributed by atoms with Crippen molar-refractivity contribution < 1.29 is 18.7 Å². The number of carbonyl (C=O) groups is 1. The molecule has 0 bridgehead atoms. The Kier molecular flexibility index (Phi) is 4.41. The SMILES string of the molecule is NC(=O)c1occc1[C@@H]1CCC[C@](O)(C#Cc2cccc(F)c2)C1. The number of aliphatic hydroxyl groups is 1. The van der Waals surface area contributed by atoms with E-state index in [1.54, 1.807) is 18.2 Å². The molecule has 0 radical (unpaired) electrons. The summed E-state index contributed by atoms with van der Waals surface area (Å²) < 4.78 is 18.4. The Morgan fingerprint density at radius 1 is 1.42 bits per heavy atom. The number of rotatable bonds is 2. The molecule has 2 atom stereocenters. The Hall–Kier alpha value is -2.58. The maximum atomic E-state index is 13.2. The number of primary amides is 1. The van der Waals surface area contributed by atoms with Crippen LogP contribution in [-0.2, 0) is 0 Å². The number of nitrogens with two attached hydrogens (primary N) is 1. The zero-order chi connectivity index (χ0) is 17.2. The standard InChI is InChI=1S/C19H18FNO3/c20-15-5-1-3-13(11-15)6-9-19(23)8-2-4-14(12-19)16-7-10-24-17(16)18(21)22/h1,3,5,7,10-11,14,23H,2,4,8,12H2,(H2,21,22)/t14-,19+/m1/s1. The first-order valence-electron chi connectivity index (χ1n) is 7.85. The highest BCUT2D eigenvalue weighted by atomic mass is 19.1. The lowest BCUT2D eigenvalue weighted by molar-refractivity contribution is 0.0516. The van der Waals surface area contributed by atoms with E-state index in [0.717, 1.165) is 12.8 Å². The molecule has 1 aromatic carbocycles. The molecule has 1 aliphatic rings. The average molecular weight is 327 g/mol.